The Hall–Kier alpha value is -0.900. The minimum atomic E-state index is -0.954. The molecule has 1 rings (SSSR count). The standard InChI is InChI=1S/C14H22O3/c1-5-13(14(15-2,16-3)17-4)11-12-9-7-6-8-10-12/h6-10,13H,5,11H2,1-4H3. The van der Waals surface area contributed by atoms with Crippen molar-refractivity contribution in [2.75, 3.05) is 21.3 Å². The van der Waals surface area contributed by atoms with Gasteiger partial charge >= 0.3 is 0 Å². The molecule has 0 radical (unpaired) electrons. The third kappa shape index (κ3) is 3.28. The number of methoxy groups -OCH3 is 3. The molecule has 96 valence electrons. The van der Waals surface area contributed by atoms with Gasteiger partial charge in [-0.25, -0.2) is 0 Å². The highest BCUT2D eigenvalue weighted by Gasteiger charge is 2.38. The van der Waals surface area contributed by atoms with Gasteiger partial charge in [-0.3, -0.25) is 0 Å². The van der Waals surface area contributed by atoms with Gasteiger partial charge in [-0.05, 0) is 18.4 Å². The van der Waals surface area contributed by atoms with Gasteiger partial charge in [0.05, 0.1) is 0 Å². The third-order valence-electron chi connectivity index (χ3n) is 3.17. The number of hydrogen-bond donors (Lipinski definition) is 0. The summed E-state index contributed by atoms with van der Waals surface area (Å²) in [6.07, 6.45) is 1.79. The molecule has 0 spiro atoms. The second-order valence-corrected chi connectivity index (χ2v) is 4.01. The van der Waals surface area contributed by atoms with E-state index in [2.05, 4.69) is 19.1 Å². The van der Waals surface area contributed by atoms with Crippen molar-refractivity contribution < 1.29 is 14.2 Å². The summed E-state index contributed by atoms with van der Waals surface area (Å²) in [4.78, 5) is 0. The molecule has 0 aliphatic carbocycles. The lowest BCUT2D eigenvalue weighted by molar-refractivity contribution is -0.378. The molecular formula is C14H22O3. The van der Waals surface area contributed by atoms with Crippen molar-refractivity contribution in [1.82, 2.24) is 0 Å². The monoisotopic (exact) mass is 238 g/mol. The van der Waals surface area contributed by atoms with Gasteiger partial charge in [-0.15, -0.1) is 0 Å². The van der Waals surface area contributed by atoms with Crippen LogP contribution in [0.3, 0.4) is 0 Å². The Bertz CT molecular complexity index is 298. The van der Waals surface area contributed by atoms with E-state index in [9.17, 15) is 0 Å². The summed E-state index contributed by atoms with van der Waals surface area (Å²) in [6.45, 7) is 2.11. The molecule has 1 unspecified atom stereocenters. The summed E-state index contributed by atoms with van der Waals surface area (Å²) >= 11 is 0. The lowest BCUT2D eigenvalue weighted by Gasteiger charge is -2.36. The molecule has 17 heavy (non-hydrogen) atoms. The van der Waals surface area contributed by atoms with E-state index in [1.54, 1.807) is 21.3 Å². The molecule has 3 nitrogen and oxygen atoms in total. The largest absolute Gasteiger partial charge is 0.331 e. The Morgan fingerprint density at radius 1 is 1.00 bits per heavy atom. The van der Waals surface area contributed by atoms with Crippen molar-refractivity contribution in [3.8, 4) is 0 Å². The van der Waals surface area contributed by atoms with Crippen LogP contribution in [0.1, 0.15) is 18.9 Å². The molecular weight excluding hydrogens is 216 g/mol. The number of benzene rings is 1. The van der Waals surface area contributed by atoms with E-state index in [4.69, 9.17) is 14.2 Å². The van der Waals surface area contributed by atoms with Crippen LogP contribution in [0.25, 0.3) is 0 Å². The van der Waals surface area contributed by atoms with Gasteiger partial charge in [0.1, 0.15) is 0 Å². The van der Waals surface area contributed by atoms with E-state index >= 15 is 0 Å². The molecule has 0 fully saturated rings. The van der Waals surface area contributed by atoms with E-state index in [-0.39, 0.29) is 5.92 Å². The van der Waals surface area contributed by atoms with E-state index in [0.29, 0.717) is 0 Å². The average molecular weight is 238 g/mol. The van der Waals surface area contributed by atoms with E-state index in [0.717, 1.165) is 12.8 Å². The Balaban J connectivity index is 2.83. The van der Waals surface area contributed by atoms with Crippen LogP contribution >= 0.6 is 0 Å². The molecule has 0 aromatic heterocycles. The zero-order valence-electron chi connectivity index (χ0n) is 11.1. The van der Waals surface area contributed by atoms with Crippen LogP contribution in [-0.4, -0.2) is 27.3 Å². The van der Waals surface area contributed by atoms with E-state index in [1.807, 2.05) is 18.2 Å². The van der Waals surface area contributed by atoms with Crippen molar-refractivity contribution in [3.63, 3.8) is 0 Å². The highest BCUT2D eigenvalue weighted by atomic mass is 16.9. The van der Waals surface area contributed by atoms with Crippen molar-refractivity contribution in [1.29, 1.82) is 0 Å². The quantitative estimate of drug-likeness (QED) is 0.684. The predicted octanol–water partition coefficient (Wildman–Crippen LogP) is 2.85. The van der Waals surface area contributed by atoms with Crippen LogP contribution in [0.2, 0.25) is 0 Å². The fraction of sp³-hybridized carbons (Fsp3) is 0.571. The van der Waals surface area contributed by atoms with Crippen LogP contribution in [0.15, 0.2) is 30.3 Å². The summed E-state index contributed by atoms with van der Waals surface area (Å²) in [5.41, 5.74) is 1.26. The van der Waals surface area contributed by atoms with Crippen LogP contribution in [0, 0.1) is 5.92 Å². The SMILES string of the molecule is CCC(Cc1ccccc1)C(OC)(OC)OC. The van der Waals surface area contributed by atoms with E-state index in [1.165, 1.54) is 5.56 Å². The molecule has 3 heteroatoms. The number of rotatable bonds is 7. The maximum atomic E-state index is 5.42. The first-order valence-corrected chi connectivity index (χ1v) is 5.91. The minimum absolute atomic E-state index is 0.157. The summed E-state index contributed by atoms with van der Waals surface area (Å²) in [7, 11) is 4.84. The predicted molar refractivity (Wildman–Crippen MR) is 67.7 cm³/mol. The van der Waals surface area contributed by atoms with Crippen molar-refractivity contribution in [2.24, 2.45) is 5.92 Å². The molecule has 0 bridgehead atoms. The Morgan fingerprint density at radius 3 is 1.94 bits per heavy atom. The summed E-state index contributed by atoms with van der Waals surface area (Å²) in [5.74, 6) is -0.796. The smallest absolute Gasteiger partial charge is 0.285 e. The number of ether oxygens (including phenoxy) is 3. The fourth-order valence-corrected chi connectivity index (χ4v) is 2.17. The topological polar surface area (TPSA) is 27.7 Å². The van der Waals surface area contributed by atoms with Gasteiger partial charge in [0, 0.05) is 27.2 Å². The van der Waals surface area contributed by atoms with Gasteiger partial charge in [-0.1, -0.05) is 37.3 Å². The van der Waals surface area contributed by atoms with Gasteiger partial charge in [0.2, 0.25) is 0 Å². The highest BCUT2D eigenvalue weighted by Crippen LogP contribution is 2.29. The van der Waals surface area contributed by atoms with E-state index < -0.39 is 5.97 Å². The first-order valence-electron chi connectivity index (χ1n) is 5.91. The Kier molecular flexibility index (Phi) is 5.62. The zero-order chi connectivity index (χ0) is 12.7. The van der Waals surface area contributed by atoms with Crippen LogP contribution in [0.4, 0.5) is 0 Å². The molecule has 0 aliphatic rings. The fourth-order valence-electron chi connectivity index (χ4n) is 2.17. The second-order valence-electron chi connectivity index (χ2n) is 4.01. The molecule has 0 N–H and O–H groups in total. The first kappa shape index (κ1) is 14.2. The van der Waals surface area contributed by atoms with Crippen molar-refractivity contribution in [2.45, 2.75) is 25.7 Å². The molecule has 0 saturated heterocycles. The second kappa shape index (κ2) is 6.74. The van der Waals surface area contributed by atoms with Gasteiger partial charge in [0.15, 0.2) is 0 Å². The highest BCUT2D eigenvalue weighted by molar-refractivity contribution is 5.15. The Labute approximate surface area is 104 Å². The Morgan fingerprint density at radius 2 is 1.53 bits per heavy atom. The molecule has 0 aliphatic heterocycles. The lowest BCUT2D eigenvalue weighted by Crippen LogP contribution is -2.44. The molecule has 0 saturated carbocycles. The van der Waals surface area contributed by atoms with Gasteiger partial charge < -0.3 is 14.2 Å². The molecule has 1 aromatic carbocycles. The maximum absolute atomic E-state index is 5.42. The average Bonchev–Trinajstić information content (AvgIpc) is 2.41. The zero-order valence-corrected chi connectivity index (χ0v) is 11.1. The van der Waals surface area contributed by atoms with Crippen LogP contribution in [0.5, 0.6) is 0 Å². The van der Waals surface area contributed by atoms with Gasteiger partial charge in [-0.2, -0.15) is 0 Å². The number of hydrogen-bond acceptors (Lipinski definition) is 3. The minimum Gasteiger partial charge on any atom is -0.331 e. The molecule has 1 atom stereocenters. The maximum Gasteiger partial charge on any atom is 0.285 e. The lowest BCUT2D eigenvalue weighted by atomic mass is 9.94. The van der Waals surface area contributed by atoms with Crippen molar-refractivity contribution >= 4 is 0 Å². The molecule has 0 heterocycles. The van der Waals surface area contributed by atoms with Crippen LogP contribution < -0.4 is 0 Å². The molecule has 1 aromatic rings. The van der Waals surface area contributed by atoms with Crippen LogP contribution in [-0.2, 0) is 20.6 Å². The molecule has 0 amide bonds. The summed E-state index contributed by atoms with van der Waals surface area (Å²) in [6, 6.07) is 10.3. The third-order valence-corrected chi connectivity index (χ3v) is 3.17. The van der Waals surface area contributed by atoms with Crippen molar-refractivity contribution in [3.05, 3.63) is 35.9 Å². The first-order chi connectivity index (χ1) is 8.22. The summed E-state index contributed by atoms with van der Waals surface area (Å²) < 4.78 is 16.3. The summed E-state index contributed by atoms with van der Waals surface area (Å²) in [5, 5.41) is 0. The van der Waals surface area contributed by atoms with Gasteiger partial charge in [0.25, 0.3) is 5.97 Å². The normalized spacial score (nSPS) is 13.6.